The summed E-state index contributed by atoms with van der Waals surface area (Å²) in [5.41, 5.74) is 0. The molecule has 0 aromatic heterocycles. The Morgan fingerprint density at radius 2 is 1.10 bits per heavy atom. The summed E-state index contributed by atoms with van der Waals surface area (Å²) in [7, 11) is 0. The summed E-state index contributed by atoms with van der Waals surface area (Å²) in [6, 6.07) is 0. The summed E-state index contributed by atoms with van der Waals surface area (Å²) in [6.45, 7) is 6.83. The normalized spacial score (nSPS) is 9.95. The first-order valence-electron chi connectivity index (χ1n) is 12.1. The number of carbonyl (C=O) groups is 7. The standard InChI is InChI=1S/C24H37N5O11/c1-5-23(35)39-10-8-37-16-28(14-19(31)25-7-3)22(34)13-27-20(32)15-29(21(33)12-26-18(4)30)17-38-9-11-40-24(36)6-2/h5-6H,1-2,7-17H2,3-4H3,(H,25,31)(H,26,30)(H,27,32). The van der Waals surface area contributed by atoms with E-state index in [4.69, 9.17) is 18.9 Å². The van der Waals surface area contributed by atoms with Gasteiger partial charge < -0.3 is 44.7 Å². The second-order valence-electron chi connectivity index (χ2n) is 7.64. The summed E-state index contributed by atoms with van der Waals surface area (Å²) >= 11 is 0. The zero-order valence-electron chi connectivity index (χ0n) is 22.7. The Hall–Kier alpha value is -4.31. The number of likely N-dealkylation sites (N-methyl/N-ethyl adjacent to an activating group) is 1. The van der Waals surface area contributed by atoms with E-state index in [9.17, 15) is 33.6 Å². The van der Waals surface area contributed by atoms with Crippen LogP contribution in [-0.4, -0.2) is 124 Å². The minimum absolute atomic E-state index is 0.0662. The molecule has 0 aromatic rings. The molecule has 0 atom stereocenters. The minimum Gasteiger partial charge on any atom is -0.460 e. The van der Waals surface area contributed by atoms with Gasteiger partial charge in [0.1, 0.15) is 39.8 Å². The fourth-order valence-corrected chi connectivity index (χ4v) is 2.53. The zero-order chi connectivity index (χ0) is 30.3. The van der Waals surface area contributed by atoms with E-state index >= 15 is 0 Å². The highest BCUT2D eigenvalue weighted by molar-refractivity contribution is 5.91. The minimum atomic E-state index is -0.735. The fourth-order valence-electron chi connectivity index (χ4n) is 2.53. The third-order valence-electron chi connectivity index (χ3n) is 4.45. The molecule has 0 bridgehead atoms. The maximum Gasteiger partial charge on any atom is 0.330 e. The van der Waals surface area contributed by atoms with Gasteiger partial charge in [-0.25, -0.2) is 9.59 Å². The predicted molar refractivity (Wildman–Crippen MR) is 138 cm³/mol. The first-order chi connectivity index (χ1) is 19.0. The van der Waals surface area contributed by atoms with Crippen molar-refractivity contribution in [1.82, 2.24) is 25.8 Å². The first-order valence-corrected chi connectivity index (χ1v) is 12.1. The van der Waals surface area contributed by atoms with E-state index in [-0.39, 0.29) is 46.4 Å². The molecule has 40 heavy (non-hydrogen) atoms. The Kier molecular flexibility index (Phi) is 19.3. The molecule has 0 aliphatic carbocycles. The number of nitrogens with one attached hydrogen (secondary N) is 3. The van der Waals surface area contributed by atoms with Gasteiger partial charge >= 0.3 is 11.9 Å². The van der Waals surface area contributed by atoms with Crippen LogP contribution in [0, 0.1) is 0 Å². The van der Waals surface area contributed by atoms with Gasteiger partial charge in [0.05, 0.1) is 26.3 Å². The quantitative estimate of drug-likeness (QED) is 0.0567. The predicted octanol–water partition coefficient (Wildman–Crippen LogP) is -2.56. The number of ether oxygens (including phenoxy) is 4. The third-order valence-corrected chi connectivity index (χ3v) is 4.45. The van der Waals surface area contributed by atoms with Crippen LogP contribution >= 0.6 is 0 Å². The molecule has 0 heterocycles. The van der Waals surface area contributed by atoms with Gasteiger partial charge in [-0.3, -0.25) is 24.0 Å². The number of rotatable bonds is 21. The molecule has 16 heteroatoms. The highest BCUT2D eigenvalue weighted by Crippen LogP contribution is 1.95. The number of hydrogen-bond acceptors (Lipinski definition) is 11. The molecule has 0 saturated carbocycles. The van der Waals surface area contributed by atoms with Crippen LogP contribution < -0.4 is 16.0 Å². The van der Waals surface area contributed by atoms with Gasteiger partial charge in [0, 0.05) is 25.6 Å². The lowest BCUT2D eigenvalue weighted by Gasteiger charge is -2.24. The monoisotopic (exact) mass is 571 g/mol. The van der Waals surface area contributed by atoms with Crippen LogP contribution in [-0.2, 0) is 52.5 Å². The Labute approximate surface area is 232 Å². The molecule has 224 valence electrons. The molecule has 0 aromatic carbocycles. The summed E-state index contributed by atoms with van der Waals surface area (Å²) in [6.07, 6.45) is 1.95. The Morgan fingerprint density at radius 3 is 1.50 bits per heavy atom. The summed E-state index contributed by atoms with van der Waals surface area (Å²) in [5.74, 6) is -4.28. The third kappa shape index (κ3) is 18.0. The molecule has 0 rings (SSSR count). The lowest BCUT2D eigenvalue weighted by Crippen LogP contribution is -2.49. The molecule has 0 aliphatic rings. The number of amides is 5. The average molecular weight is 572 g/mol. The van der Waals surface area contributed by atoms with Crippen molar-refractivity contribution in [1.29, 1.82) is 0 Å². The van der Waals surface area contributed by atoms with Crippen LogP contribution in [0.1, 0.15) is 13.8 Å². The van der Waals surface area contributed by atoms with E-state index in [0.717, 1.165) is 22.0 Å². The maximum absolute atomic E-state index is 12.7. The molecule has 5 amide bonds. The van der Waals surface area contributed by atoms with Crippen molar-refractivity contribution in [2.24, 2.45) is 0 Å². The van der Waals surface area contributed by atoms with Crippen molar-refractivity contribution in [3.05, 3.63) is 25.3 Å². The number of esters is 2. The van der Waals surface area contributed by atoms with Gasteiger partial charge in [0.15, 0.2) is 0 Å². The Morgan fingerprint density at radius 1 is 0.675 bits per heavy atom. The summed E-state index contributed by atoms with van der Waals surface area (Å²) in [4.78, 5) is 84.9. The van der Waals surface area contributed by atoms with Gasteiger partial charge in [-0.05, 0) is 6.92 Å². The van der Waals surface area contributed by atoms with Gasteiger partial charge in [0.25, 0.3) is 0 Å². The topological polar surface area (TPSA) is 199 Å². The van der Waals surface area contributed by atoms with E-state index in [1.54, 1.807) is 6.92 Å². The van der Waals surface area contributed by atoms with Crippen LogP contribution in [0.3, 0.4) is 0 Å². The SMILES string of the molecule is C=CC(=O)OCCOCN(CC(=O)NCC(=O)N(COCCOC(=O)C=C)CC(=O)NCC)C(=O)CNC(C)=O. The maximum atomic E-state index is 12.7. The molecule has 3 N–H and O–H groups in total. The van der Waals surface area contributed by atoms with Crippen molar-refractivity contribution in [2.75, 3.05) is 72.6 Å². The van der Waals surface area contributed by atoms with Crippen molar-refractivity contribution < 1.29 is 52.5 Å². The van der Waals surface area contributed by atoms with Crippen molar-refractivity contribution in [3.8, 4) is 0 Å². The van der Waals surface area contributed by atoms with Crippen LogP contribution in [0.25, 0.3) is 0 Å². The van der Waals surface area contributed by atoms with Crippen molar-refractivity contribution in [3.63, 3.8) is 0 Å². The largest absolute Gasteiger partial charge is 0.460 e. The van der Waals surface area contributed by atoms with Crippen LogP contribution in [0.4, 0.5) is 0 Å². The summed E-state index contributed by atoms with van der Waals surface area (Å²) < 4.78 is 20.1. The highest BCUT2D eigenvalue weighted by Gasteiger charge is 2.21. The van der Waals surface area contributed by atoms with Gasteiger partial charge in [0.2, 0.25) is 29.5 Å². The van der Waals surface area contributed by atoms with Crippen LogP contribution in [0.15, 0.2) is 25.3 Å². The van der Waals surface area contributed by atoms with Crippen LogP contribution in [0.2, 0.25) is 0 Å². The number of carbonyl (C=O) groups excluding carboxylic acids is 7. The fraction of sp³-hybridized carbons (Fsp3) is 0.542. The molecule has 0 saturated heterocycles. The van der Waals surface area contributed by atoms with Gasteiger partial charge in [-0.2, -0.15) is 0 Å². The molecular weight excluding hydrogens is 534 g/mol. The molecule has 16 nitrogen and oxygen atoms in total. The van der Waals surface area contributed by atoms with Crippen LogP contribution in [0.5, 0.6) is 0 Å². The van der Waals surface area contributed by atoms with E-state index in [0.29, 0.717) is 6.54 Å². The van der Waals surface area contributed by atoms with E-state index in [1.807, 2.05) is 0 Å². The second-order valence-corrected chi connectivity index (χ2v) is 7.64. The number of nitrogens with zero attached hydrogens (tertiary/aromatic N) is 2. The van der Waals surface area contributed by atoms with Crippen molar-refractivity contribution in [2.45, 2.75) is 13.8 Å². The zero-order valence-corrected chi connectivity index (χ0v) is 22.7. The lowest BCUT2D eigenvalue weighted by molar-refractivity contribution is -0.146. The molecule has 0 radical (unpaired) electrons. The van der Waals surface area contributed by atoms with Gasteiger partial charge in [-0.1, -0.05) is 13.2 Å². The second kappa shape index (κ2) is 21.6. The molecule has 0 unspecified atom stereocenters. The molecule has 0 spiro atoms. The number of hydrogen-bond donors (Lipinski definition) is 3. The van der Waals surface area contributed by atoms with Gasteiger partial charge in [-0.15, -0.1) is 0 Å². The molecule has 0 fully saturated rings. The first kappa shape index (κ1) is 35.7. The van der Waals surface area contributed by atoms with E-state index in [2.05, 4.69) is 29.1 Å². The van der Waals surface area contributed by atoms with E-state index < -0.39 is 61.1 Å². The Bertz CT molecular complexity index is 910. The smallest absolute Gasteiger partial charge is 0.330 e. The van der Waals surface area contributed by atoms with E-state index in [1.165, 1.54) is 6.92 Å². The molecular formula is C24H37N5O11. The lowest BCUT2D eigenvalue weighted by atomic mass is 10.4. The molecule has 0 aliphatic heterocycles. The highest BCUT2D eigenvalue weighted by atomic mass is 16.6. The summed E-state index contributed by atoms with van der Waals surface area (Å²) in [5, 5.41) is 7.20. The van der Waals surface area contributed by atoms with Crippen molar-refractivity contribution >= 4 is 41.5 Å². The average Bonchev–Trinajstić information content (AvgIpc) is 2.92. The Balaban J connectivity index is 4.98.